The highest BCUT2D eigenvalue weighted by atomic mass is 32.1. The summed E-state index contributed by atoms with van der Waals surface area (Å²) in [7, 11) is 0. The predicted octanol–water partition coefficient (Wildman–Crippen LogP) is 3.85. The van der Waals surface area contributed by atoms with E-state index in [2.05, 4.69) is 45.2 Å². The minimum atomic E-state index is 1.20. The SMILES string of the molecule is C=Cc1cc(C)c(C=CS)cc1C. The second-order valence-electron chi connectivity index (χ2n) is 3.09. The fourth-order valence-corrected chi connectivity index (χ4v) is 1.50. The molecule has 1 heteroatoms. The summed E-state index contributed by atoms with van der Waals surface area (Å²) < 4.78 is 0. The fourth-order valence-electron chi connectivity index (χ4n) is 1.34. The topological polar surface area (TPSA) is 0 Å². The summed E-state index contributed by atoms with van der Waals surface area (Å²) in [6.45, 7) is 7.96. The van der Waals surface area contributed by atoms with Gasteiger partial charge in [0.25, 0.3) is 0 Å². The van der Waals surface area contributed by atoms with Crippen molar-refractivity contribution in [2.24, 2.45) is 0 Å². The van der Waals surface area contributed by atoms with E-state index >= 15 is 0 Å². The standard InChI is InChI=1S/C12H14S/c1-4-11-7-10(3)12(5-6-13)8-9(11)2/h4-8,13H,1H2,2-3H3. The van der Waals surface area contributed by atoms with Gasteiger partial charge in [-0.05, 0) is 47.6 Å². The van der Waals surface area contributed by atoms with Crippen LogP contribution in [-0.2, 0) is 0 Å². The molecule has 1 aromatic carbocycles. The number of hydrogen-bond acceptors (Lipinski definition) is 1. The van der Waals surface area contributed by atoms with Gasteiger partial charge in [0.2, 0.25) is 0 Å². The summed E-state index contributed by atoms with van der Waals surface area (Å²) in [6.07, 6.45) is 3.88. The summed E-state index contributed by atoms with van der Waals surface area (Å²) in [6, 6.07) is 4.30. The number of hydrogen-bond donors (Lipinski definition) is 1. The van der Waals surface area contributed by atoms with Gasteiger partial charge >= 0.3 is 0 Å². The van der Waals surface area contributed by atoms with Crippen LogP contribution in [0.25, 0.3) is 12.2 Å². The molecule has 0 aliphatic rings. The molecule has 0 heterocycles. The van der Waals surface area contributed by atoms with Crippen molar-refractivity contribution in [3.05, 3.63) is 46.4 Å². The zero-order valence-corrected chi connectivity index (χ0v) is 8.94. The molecule has 0 N–H and O–H groups in total. The van der Waals surface area contributed by atoms with Crippen molar-refractivity contribution in [1.29, 1.82) is 0 Å². The molecule has 0 fully saturated rings. The van der Waals surface area contributed by atoms with E-state index < -0.39 is 0 Å². The average molecular weight is 190 g/mol. The van der Waals surface area contributed by atoms with Crippen molar-refractivity contribution in [3.63, 3.8) is 0 Å². The van der Waals surface area contributed by atoms with Gasteiger partial charge in [0, 0.05) is 0 Å². The van der Waals surface area contributed by atoms with Crippen LogP contribution < -0.4 is 0 Å². The molecule has 0 aromatic heterocycles. The third kappa shape index (κ3) is 2.25. The first kappa shape index (κ1) is 10.1. The van der Waals surface area contributed by atoms with Gasteiger partial charge in [-0.1, -0.05) is 24.8 Å². The quantitative estimate of drug-likeness (QED) is 0.673. The van der Waals surface area contributed by atoms with E-state index in [9.17, 15) is 0 Å². The summed E-state index contributed by atoms with van der Waals surface area (Å²) >= 11 is 4.06. The van der Waals surface area contributed by atoms with Crippen LogP contribution >= 0.6 is 12.6 Å². The lowest BCUT2D eigenvalue weighted by Crippen LogP contribution is -1.86. The maximum atomic E-state index is 4.06. The number of rotatable bonds is 2. The Hall–Kier alpha value is -0.950. The highest BCUT2D eigenvalue weighted by Gasteiger charge is 1.98. The highest BCUT2D eigenvalue weighted by Crippen LogP contribution is 2.18. The van der Waals surface area contributed by atoms with Crippen LogP contribution in [0.2, 0.25) is 0 Å². The maximum Gasteiger partial charge on any atom is -0.0219 e. The second kappa shape index (κ2) is 4.33. The largest absolute Gasteiger partial charge is 0.151 e. The molecule has 0 radical (unpaired) electrons. The molecule has 0 saturated carbocycles. The summed E-state index contributed by atoms with van der Waals surface area (Å²) in [4.78, 5) is 0. The number of thiol groups is 1. The Kier molecular flexibility index (Phi) is 3.38. The third-order valence-electron chi connectivity index (χ3n) is 2.13. The van der Waals surface area contributed by atoms with E-state index in [1.807, 2.05) is 12.2 Å². The van der Waals surface area contributed by atoms with Crippen LogP contribution in [0.4, 0.5) is 0 Å². The van der Waals surface area contributed by atoms with Crippen LogP contribution in [0.3, 0.4) is 0 Å². The number of benzene rings is 1. The molecule has 1 aromatic rings. The van der Waals surface area contributed by atoms with E-state index in [4.69, 9.17) is 0 Å². The molecule has 1 rings (SSSR count). The van der Waals surface area contributed by atoms with Crippen LogP contribution in [-0.4, -0.2) is 0 Å². The third-order valence-corrected chi connectivity index (χ3v) is 2.28. The molecular weight excluding hydrogens is 176 g/mol. The molecule has 0 amide bonds. The molecule has 0 bridgehead atoms. The van der Waals surface area contributed by atoms with E-state index in [0.717, 1.165) is 0 Å². The molecule has 0 saturated heterocycles. The Morgan fingerprint density at radius 3 is 2.23 bits per heavy atom. The van der Waals surface area contributed by atoms with Crippen molar-refractivity contribution in [2.75, 3.05) is 0 Å². The fraction of sp³-hybridized carbons (Fsp3) is 0.167. The Bertz CT molecular complexity index is 348. The maximum absolute atomic E-state index is 4.06. The Balaban J connectivity index is 3.27. The lowest BCUT2D eigenvalue weighted by Gasteiger charge is -2.05. The van der Waals surface area contributed by atoms with Gasteiger partial charge in [-0.3, -0.25) is 0 Å². The van der Waals surface area contributed by atoms with E-state index in [1.54, 1.807) is 5.41 Å². The zero-order valence-electron chi connectivity index (χ0n) is 8.04. The lowest BCUT2D eigenvalue weighted by molar-refractivity contribution is 1.36. The minimum Gasteiger partial charge on any atom is -0.151 e. The van der Waals surface area contributed by atoms with Gasteiger partial charge in [0.1, 0.15) is 0 Å². The van der Waals surface area contributed by atoms with Gasteiger partial charge in [-0.2, -0.15) is 12.6 Å². The first-order valence-electron chi connectivity index (χ1n) is 4.23. The predicted molar refractivity (Wildman–Crippen MR) is 64.0 cm³/mol. The first-order valence-corrected chi connectivity index (χ1v) is 4.75. The van der Waals surface area contributed by atoms with E-state index in [-0.39, 0.29) is 0 Å². The molecule has 0 aliphatic carbocycles. The number of aryl methyl sites for hydroxylation is 2. The normalized spacial score (nSPS) is 10.7. The van der Waals surface area contributed by atoms with E-state index in [1.165, 1.54) is 22.3 Å². The summed E-state index contributed by atoms with van der Waals surface area (Å²) in [5, 5.41) is 1.76. The second-order valence-corrected chi connectivity index (χ2v) is 3.38. The Morgan fingerprint density at radius 1 is 1.15 bits per heavy atom. The smallest absolute Gasteiger partial charge is 0.0219 e. The van der Waals surface area contributed by atoms with Crippen LogP contribution in [0, 0.1) is 13.8 Å². The van der Waals surface area contributed by atoms with Gasteiger partial charge in [-0.25, -0.2) is 0 Å². The van der Waals surface area contributed by atoms with Crippen molar-refractivity contribution < 1.29 is 0 Å². The monoisotopic (exact) mass is 190 g/mol. The van der Waals surface area contributed by atoms with Crippen molar-refractivity contribution >= 4 is 24.8 Å². The molecular formula is C12H14S. The minimum absolute atomic E-state index is 1.20. The van der Waals surface area contributed by atoms with Gasteiger partial charge in [0.15, 0.2) is 0 Å². The van der Waals surface area contributed by atoms with Crippen LogP contribution in [0.15, 0.2) is 24.1 Å². The van der Waals surface area contributed by atoms with Crippen molar-refractivity contribution in [1.82, 2.24) is 0 Å². The highest BCUT2D eigenvalue weighted by molar-refractivity contribution is 7.83. The molecule has 0 aliphatic heterocycles. The van der Waals surface area contributed by atoms with Crippen molar-refractivity contribution in [2.45, 2.75) is 13.8 Å². The molecule has 13 heavy (non-hydrogen) atoms. The Morgan fingerprint density at radius 2 is 1.69 bits per heavy atom. The van der Waals surface area contributed by atoms with Gasteiger partial charge in [-0.15, -0.1) is 0 Å². The summed E-state index contributed by atoms with van der Waals surface area (Å²) in [5.41, 5.74) is 4.93. The van der Waals surface area contributed by atoms with E-state index in [0.29, 0.717) is 0 Å². The molecule has 68 valence electrons. The summed E-state index contributed by atoms with van der Waals surface area (Å²) in [5.74, 6) is 0. The van der Waals surface area contributed by atoms with Crippen molar-refractivity contribution in [3.8, 4) is 0 Å². The molecule has 0 atom stereocenters. The van der Waals surface area contributed by atoms with Crippen LogP contribution in [0.5, 0.6) is 0 Å². The van der Waals surface area contributed by atoms with Gasteiger partial charge < -0.3 is 0 Å². The lowest BCUT2D eigenvalue weighted by atomic mass is 10.0. The van der Waals surface area contributed by atoms with Crippen LogP contribution in [0.1, 0.15) is 22.3 Å². The molecule has 0 spiro atoms. The van der Waals surface area contributed by atoms with Gasteiger partial charge in [0.05, 0.1) is 0 Å². The molecule has 0 unspecified atom stereocenters. The first-order chi connectivity index (χ1) is 6.19. The average Bonchev–Trinajstić information content (AvgIpc) is 2.11. The molecule has 0 nitrogen and oxygen atoms in total. The Labute approximate surface area is 85.4 Å². The zero-order chi connectivity index (χ0) is 9.84.